The number of anilines is 1. The molecule has 2 aliphatic heterocycles. The van der Waals surface area contributed by atoms with E-state index in [0.29, 0.717) is 25.3 Å². The molecule has 2 aliphatic rings. The molecule has 6 heteroatoms. The van der Waals surface area contributed by atoms with E-state index in [1.165, 1.54) is 0 Å². The Hall–Kier alpha value is -2.73. The van der Waals surface area contributed by atoms with Crippen molar-refractivity contribution in [2.75, 3.05) is 51.4 Å². The second-order valence-corrected chi connectivity index (χ2v) is 7.45. The fraction of sp³-hybridized carbons (Fsp3) is 0.435. The minimum atomic E-state index is 0.0703. The lowest BCUT2D eigenvalue weighted by molar-refractivity contribution is 0.0678. The summed E-state index contributed by atoms with van der Waals surface area (Å²) in [6.45, 7) is 4.41. The first kappa shape index (κ1) is 19.6. The molecule has 0 aliphatic carbocycles. The first-order valence-electron chi connectivity index (χ1n) is 10.3. The van der Waals surface area contributed by atoms with E-state index < -0.39 is 0 Å². The summed E-state index contributed by atoms with van der Waals surface area (Å²) in [5.41, 5.74) is 1.83. The number of carbonyl (C=O) groups excluding carboxylic acids is 1. The number of rotatable bonds is 6. The van der Waals surface area contributed by atoms with Gasteiger partial charge in [0.2, 0.25) is 0 Å². The van der Waals surface area contributed by atoms with Crippen LogP contribution in [0.5, 0.6) is 11.5 Å². The Morgan fingerprint density at radius 2 is 1.86 bits per heavy atom. The molecule has 29 heavy (non-hydrogen) atoms. The van der Waals surface area contributed by atoms with Gasteiger partial charge >= 0.3 is 0 Å². The largest absolute Gasteiger partial charge is 0.497 e. The van der Waals surface area contributed by atoms with Crippen LogP contribution in [0.15, 0.2) is 48.5 Å². The van der Waals surface area contributed by atoms with Crippen molar-refractivity contribution in [3.63, 3.8) is 0 Å². The quantitative estimate of drug-likeness (QED) is 0.751. The Bertz CT molecular complexity index is 810. The third-order valence-electron chi connectivity index (χ3n) is 5.55. The first-order valence-corrected chi connectivity index (χ1v) is 10.3. The predicted octanol–water partition coefficient (Wildman–Crippen LogP) is 3.22. The van der Waals surface area contributed by atoms with E-state index in [9.17, 15) is 4.79 Å². The van der Waals surface area contributed by atoms with Crippen LogP contribution in [0.25, 0.3) is 0 Å². The molecule has 0 radical (unpaired) electrons. The average Bonchev–Trinajstić information content (AvgIpc) is 3.31. The summed E-state index contributed by atoms with van der Waals surface area (Å²) in [5, 5.41) is 0. The summed E-state index contributed by atoms with van der Waals surface area (Å²) >= 11 is 0. The van der Waals surface area contributed by atoms with E-state index in [2.05, 4.69) is 11.0 Å². The monoisotopic (exact) mass is 396 g/mol. The molecule has 0 unspecified atom stereocenters. The van der Waals surface area contributed by atoms with E-state index in [1.54, 1.807) is 7.11 Å². The lowest BCUT2D eigenvalue weighted by atomic mass is 10.1. The van der Waals surface area contributed by atoms with Crippen molar-refractivity contribution in [3.8, 4) is 11.5 Å². The lowest BCUT2D eigenvalue weighted by Gasteiger charge is -2.36. The molecule has 2 heterocycles. The Morgan fingerprint density at radius 1 is 1.07 bits per heavy atom. The van der Waals surface area contributed by atoms with Gasteiger partial charge in [0, 0.05) is 50.1 Å². The van der Waals surface area contributed by atoms with Gasteiger partial charge in [-0.25, -0.2) is 0 Å². The number of amides is 1. The molecule has 2 fully saturated rings. The van der Waals surface area contributed by atoms with Gasteiger partial charge in [0.25, 0.3) is 5.91 Å². The van der Waals surface area contributed by atoms with Crippen LogP contribution in [0.4, 0.5) is 5.69 Å². The molecule has 0 bridgehead atoms. The third-order valence-corrected chi connectivity index (χ3v) is 5.55. The molecule has 6 nitrogen and oxygen atoms in total. The number of piperazine rings is 1. The molecule has 2 saturated heterocycles. The normalized spacial score (nSPS) is 19.3. The summed E-state index contributed by atoms with van der Waals surface area (Å²) in [6.07, 6.45) is 2.35. The van der Waals surface area contributed by atoms with Crippen molar-refractivity contribution in [2.24, 2.45) is 0 Å². The van der Waals surface area contributed by atoms with Crippen molar-refractivity contribution in [1.29, 1.82) is 0 Å². The van der Waals surface area contributed by atoms with Crippen molar-refractivity contribution < 1.29 is 19.0 Å². The van der Waals surface area contributed by atoms with Gasteiger partial charge in [0.15, 0.2) is 0 Å². The Balaban J connectivity index is 1.29. The number of hydrogen-bond acceptors (Lipinski definition) is 5. The smallest absolute Gasteiger partial charge is 0.253 e. The van der Waals surface area contributed by atoms with Gasteiger partial charge in [-0.15, -0.1) is 0 Å². The zero-order valence-corrected chi connectivity index (χ0v) is 16.9. The Morgan fingerprint density at radius 3 is 2.55 bits per heavy atom. The molecule has 2 aromatic carbocycles. The van der Waals surface area contributed by atoms with Gasteiger partial charge in [-0.1, -0.05) is 6.07 Å². The molecule has 4 rings (SSSR count). The maximum absolute atomic E-state index is 12.8. The predicted molar refractivity (Wildman–Crippen MR) is 112 cm³/mol. The molecule has 1 atom stereocenters. The third kappa shape index (κ3) is 4.82. The molecule has 154 valence electrons. The van der Waals surface area contributed by atoms with E-state index in [-0.39, 0.29) is 12.0 Å². The maximum Gasteiger partial charge on any atom is 0.253 e. The van der Waals surface area contributed by atoms with Gasteiger partial charge in [-0.3, -0.25) is 4.79 Å². The van der Waals surface area contributed by atoms with Crippen LogP contribution in [0.3, 0.4) is 0 Å². The lowest BCUT2D eigenvalue weighted by Crippen LogP contribution is -2.48. The molecular weight excluding hydrogens is 368 g/mol. The zero-order valence-electron chi connectivity index (χ0n) is 16.9. The SMILES string of the molecule is COc1cccc(N2CCN(C(=O)c3ccc(OC[C@@H]4CCCO4)cc3)CC2)c1. The number of hydrogen-bond donors (Lipinski definition) is 0. The number of ether oxygens (including phenoxy) is 3. The number of benzene rings is 2. The van der Waals surface area contributed by atoms with Crippen LogP contribution in [0.2, 0.25) is 0 Å². The van der Waals surface area contributed by atoms with Crippen LogP contribution in [-0.4, -0.2) is 63.4 Å². The summed E-state index contributed by atoms with van der Waals surface area (Å²) < 4.78 is 16.7. The topological polar surface area (TPSA) is 51.2 Å². The van der Waals surface area contributed by atoms with Crippen molar-refractivity contribution in [3.05, 3.63) is 54.1 Å². The molecule has 0 aromatic heterocycles. The van der Waals surface area contributed by atoms with E-state index in [0.717, 1.165) is 49.7 Å². The minimum absolute atomic E-state index is 0.0703. The van der Waals surface area contributed by atoms with Crippen LogP contribution in [0, 0.1) is 0 Å². The number of methoxy groups -OCH3 is 1. The van der Waals surface area contributed by atoms with Gasteiger partial charge in [-0.2, -0.15) is 0 Å². The average molecular weight is 396 g/mol. The highest BCUT2D eigenvalue weighted by Crippen LogP contribution is 2.23. The van der Waals surface area contributed by atoms with Gasteiger partial charge in [0.1, 0.15) is 18.1 Å². The van der Waals surface area contributed by atoms with Crippen LogP contribution in [-0.2, 0) is 4.74 Å². The second-order valence-electron chi connectivity index (χ2n) is 7.45. The highest BCUT2D eigenvalue weighted by Gasteiger charge is 2.23. The Kier molecular flexibility index (Phi) is 6.20. The maximum atomic E-state index is 12.8. The van der Waals surface area contributed by atoms with E-state index >= 15 is 0 Å². The van der Waals surface area contributed by atoms with Gasteiger partial charge < -0.3 is 24.0 Å². The van der Waals surface area contributed by atoms with Gasteiger partial charge in [0.05, 0.1) is 13.2 Å². The highest BCUT2D eigenvalue weighted by molar-refractivity contribution is 5.94. The van der Waals surface area contributed by atoms with Crippen LogP contribution in [0.1, 0.15) is 23.2 Å². The second kappa shape index (κ2) is 9.18. The Labute approximate surface area is 172 Å². The summed E-state index contributed by atoms with van der Waals surface area (Å²) in [5.74, 6) is 1.70. The molecule has 0 spiro atoms. The van der Waals surface area contributed by atoms with E-state index in [4.69, 9.17) is 14.2 Å². The van der Waals surface area contributed by atoms with Crippen molar-refractivity contribution in [1.82, 2.24) is 4.90 Å². The molecule has 2 aromatic rings. The highest BCUT2D eigenvalue weighted by atomic mass is 16.5. The van der Waals surface area contributed by atoms with Crippen LogP contribution < -0.4 is 14.4 Å². The summed E-state index contributed by atoms with van der Waals surface area (Å²) in [6, 6.07) is 15.5. The van der Waals surface area contributed by atoms with Crippen LogP contribution >= 0.6 is 0 Å². The number of carbonyl (C=O) groups is 1. The summed E-state index contributed by atoms with van der Waals surface area (Å²) in [7, 11) is 1.68. The van der Waals surface area contributed by atoms with Gasteiger partial charge in [-0.05, 0) is 49.2 Å². The molecule has 1 amide bonds. The minimum Gasteiger partial charge on any atom is -0.497 e. The first-order chi connectivity index (χ1) is 14.2. The zero-order chi connectivity index (χ0) is 20.1. The molecule has 0 saturated carbocycles. The fourth-order valence-corrected chi connectivity index (χ4v) is 3.82. The molecular formula is C23H28N2O4. The summed E-state index contributed by atoms with van der Waals surface area (Å²) in [4.78, 5) is 17.0. The van der Waals surface area contributed by atoms with E-state index in [1.807, 2.05) is 47.4 Å². The van der Waals surface area contributed by atoms with Crippen molar-refractivity contribution >= 4 is 11.6 Å². The van der Waals surface area contributed by atoms with Crippen molar-refractivity contribution in [2.45, 2.75) is 18.9 Å². The number of nitrogens with zero attached hydrogens (tertiary/aromatic N) is 2. The molecule has 0 N–H and O–H groups in total. The standard InChI is InChI=1S/C23H28N2O4/c1-27-21-5-2-4-19(16-21)24-11-13-25(14-12-24)23(26)18-7-9-20(10-8-18)29-17-22-6-3-15-28-22/h2,4-5,7-10,16,22H,3,6,11-15,17H2,1H3/t22-/m0/s1. The fourth-order valence-electron chi connectivity index (χ4n) is 3.82.